The van der Waals surface area contributed by atoms with E-state index in [-0.39, 0.29) is 67.5 Å². The van der Waals surface area contributed by atoms with Crippen molar-refractivity contribution >= 4 is 22.6 Å². The molecule has 0 unspecified atom stereocenters. The van der Waals surface area contributed by atoms with Gasteiger partial charge in [0.2, 0.25) is 0 Å². The second kappa shape index (κ2) is 12.6. The van der Waals surface area contributed by atoms with Crippen molar-refractivity contribution in [1.29, 1.82) is 0 Å². The van der Waals surface area contributed by atoms with Crippen LogP contribution in [0.15, 0.2) is 85.2 Å². The fourth-order valence-electron chi connectivity index (χ4n) is 7.34. The molecule has 258 valence electrons. The van der Waals surface area contributed by atoms with Crippen LogP contribution in [0.1, 0.15) is 36.6 Å². The summed E-state index contributed by atoms with van der Waals surface area (Å²) >= 11 is 0. The second-order valence-electron chi connectivity index (χ2n) is 12.4. The number of aliphatic hydroxyl groups is 1. The molecule has 0 spiro atoms. The first-order valence-electron chi connectivity index (χ1n) is 16.2. The van der Waals surface area contributed by atoms with Gasteiger partial charge in [-0.3, -0.25) is 14.4 Å². The number of methoxy groups -OCH3 is 2. The van der Waals surface area contributed by atoms with Crippen molar-refractivity contribution in [2.24, 2.45) is 7.05 Å². The van der Waals surface area contributed by atoms with Crippen LogP contribution in [0.25, 0.3) is 11.0 Å². The van der Waals surface area contributed by atoms with E-state index in [1.54, 1.807) is 50.4 Å². The van der Waals surface area contributed by atoms with Crippen LogP contribution in [0.5, 0.6) is 17.2 Å². The third-order valence-corrected chi connectivity index (χ3v) is 9.71. The first-order chi connectivity index (χ1) is 24.1. The van der Waals surface area contributed by atoms with Crippen molar-refractivity contribution in [3.63, 3.8) is 0 Å². The Morgan fingerprint density at radius 2 is 1.72 bits per heavy atom. The number of aliphatic hydroxyl groups excluding tert-OH is 1. The van der Waals surface area contributed by atoms with E-state index in [1.807, 2.05) is 6.08 Å². The number of nitrogens with zero attached hydrogens (tertiary/aromatic N) is 5. The molecule has 7 rings (SSSR count). The second-order valence-corrected chi connectivity index (χ2v) is 12.4. The largest absolute Gasteiger partial charge is 0.493 e. The summed E-state index contributed by atoms with van der Waals surface area (Å²) in [7, 11) is 4.60. The molecular weight excluding hydrogens is 646 g/mol. The molecule has 1 aliphatic heterocycles. The van der Waals surface area contributed by atoms with E-state index in [4.69, 9.17) is 14.2 Å². The third-order valence-electron chi connectivity index (χ3n) is 9.71. The lowest BCUT2D eigenvalue weighted by molar-refractivity contribution is -0.116. The maximum Gasteiger partial charge on any atom is 0.347 e. The molecule has 1 N–H and O–H groups in total. The van der Waals surface area contributed by atoms with Gasteiger partial charge in [0, 0.05) is 66.8 Å². The number of fused-ring (bicyclic) bond motifs is 4. The maximum absolute atomic E-state index is 14.2. The number of carbonyl (C=O) groups is 2. The van der Waals surface area contributed by atoms with Gasteiger partial charge >= 0.3 is 11.4 Å². The maximum atomic E-state index is 14.2. The van der Waals surface area contributed by atoms with Gasteiger partial charge in [-0.2, -0.15) is 0 Å². The topological polar surface area (TPSA) is 166 Å². The average molecular weight is 682 g/mol. The van der Waals surface area contributed by atoms with E-state index >= 15 is 0 Å². The average Bonchev–Trinajstić information content (AvgIpc) is 3.37. The number of para-hydroxylation sites is 1. The van der Waals surface area contributed by atoms with Crippen LogP contribution >= 0.6 is 0 Å². The SMILES string of the molecule is COc1cc2nc(CCn3c(=O)n4n(c3=O)[C@@H]3CC5=C(C(=O)C=C(C)C5=O)[C@@H](c5ccccc5OCCO)C3=CC4)c(=O)n(C)c2cc1OC. The standard InChI is InChI=1S/C36H35N5O9/c1-19-15-27(43)32-22(33(19)44)16-25-20(31(32)21-7-5-6-8-28(21)50-14-13-42)9-12-40-35(46)39(36(47)41(25)40)11-10-23-34(45)38(2)26-18-30(49-4)29(48-3)17-24(26)37-23/h5-9,15,17-18,25,31,42H,10-14,16H2,1-4H3/t25-,31-/m1/s1. The van der Waals surface area contributed by atoms with Gasteiger partial charge in [-0.15, -0.1) is 0 Å². The zero-order chi connectivity index (χ0) is 35.4. The Bertz CT molecular complexity index is 2390. The molecule has 4 aromatic rings. The highest BCUT2D eigenvalue weighted by Crippen LogP contribution is 2.51. The van der Waals surface area contributed by atoms with Gasteiger partial charge in [0.25, 0.3) is 5.56 Å². The number of Topliss-reactive ketones (excluding diaryl/α,β-unsaturated/α-hetero) is 1. The molecule has 0 fully saturated rings. The number of carbonyl (C=O) groups excluding carboxylic acids is 2. The number of aromatic nitrogens is 5. The predicted octanol–water partition coefficient (Wildman–Crippen LogP) is 1.75. The summed E-state index contributed by atoms with van der Waals surface area (Å²) in [6.45, 7) is 1.29. The molecule has 0 radical (unpaired) electrons. The van der Waals surface area contributed by atoms with Gasteiger partial charge in [-0.1, -0.05) is 24.3 Å². The molecule has 2 aromatic carbocycles. The number of allylic oxidation sites excluding steroid dienone is 6. The first kappa shape index (κ1) is 32.8. The minimum Gasteiger partial charge on any atom is -0.493 e. The lowest BCUT2D eigenvalue weighted by Crippen LogP contribution is -2.41. The Labute approximate surface area is 284 Å². The Kier molecular flexibility index (Phi) is 8.26. The van der Waals surface area contributed by atoms with Crippen molar-refractivity contribution in [1.82, 2.24) is 23.5 Å². The molecule has 0 bridgehead atoms. The third kappa shape index (κ3) is 5.05. The summed E-state index contributed by atoms with van der Waals surface area (Å²) in [5, 5.41) is 9.45. The van der Waals surface area contributed by atoms with Crippen LogP contribution in [0.4, 0.5) is 0 Å². The number of hydrogen-bond donors (Lipinski definition) is 1. The molecule has 2 aromatic heterocycles. The van der Waals surface area contributed by atoms with E-state index in [0.29, 0.717) is 50.6 Å². The summed E-state index contributed by atoms with van der Waals surface area (Å²) in [6.07, 6.45) is 3.20. The number of ether oxygens (including phenoxy) is 3. The Morgan fingerprint density at radius 1 is 0.980 bits per heavy atom. The van der Waals surface area contributed by atoms with Crippen molar-refractivity contribution in [3.05, 3.63) is 113 Å². The summed E-state index contributed by atoms with van der Waals surface area (Å²) in [5.74, 6) is -0.0241. The first-order valence-corrected chi connectivity index (χ1v) is 16.2. The minimum atomic E-state index is -0.753. The number of rotatable bonds is 9. The van der Waals surface area contributed by atoms with Gasteiger partial charge in [0.1, 0.15) is 18.1 Å². The fourth-order valence-corrected chi connectivity index (χ4v) is 7.34. The van der Waals surface area contributed by atoms with Crippen molar-refractivity contribution < 1.29 is 28.9 Å². The molecule has 0 saturated carbocycles. The molecule has 0 amide bonds. The highest BCUT2D eigenvalue weighted by molar-refractivity contribution is 6.23. The zero-order valence-corrected chi connectivity index (χ0v) is 28.0. The summed E-state index contributed by atoms with van der Waals surface area (Å²) in [4.78, 5) is 73.0. The fraction of sp³-hybridized carbons (Fsp3) is 0.333. The number of hydrogen-bond acceptors (Lipinski definition) is 10. The van der Waals surface area contributed by atoms with E-state index in [9.17, 15) is 29.1 Å². The van der Waals surface area contributed by atoms with Gasteiger partial charge in [-0.05, 0) is 24.6 Å². The van der Waals surface area contributed by atoms with E-state index in [1.165, 1.54) is 34.2 Å². The molecule has 2 atom stereocenters. The van der Waals surface area contributed by atoms with E-state index in [0.717, 1.165) is 4.57 Å². The van der Waals surface area contributed by atoms with Gasteiger partial charge in [0.05, 0.1) is 44.4 Å². The summed E-state index contributed by atoms with van der Waals surface area (Å²) < 4.78 is 21.8. The van der Waals surface area contributed by atoms with Crippen LogP contribution < -0.4 is 31.1 Å². The number of benzene rings is 2. The Balaban J connectivity index is 1.30. The normalized spacial score (nSPS) is 18.3. The summed E-state index contributed by atoms with van der Waals surface area (Å²) in [6, 6.07) is 9.65. The predicted molar refractivity (Wildman–Crippen MR) is 181 cm³/mol. The quantitative estimate of drug-likeness (QED) is 0.203. The van der Waals surface area contributed by atoms with Crippen molar-refractivity contribution in [3.8, 4) is 17.2 Å². The molecule has 14 heteroatoms. The highest BCUT2D eigenvalue weighted by Gasteiger charge is 2.45. The molecule has 50 heavy (non-hydrogen) atoms. The highest BCUT2D eigenvalue weighted by atomic mass is 16.5. The van der Waals surface area contributed by atoms with Gasteiger partial charge in [-0.25, -0.2) is 28.5 Å². The van der Waals surface area contributed by atoms with Gasteiger partial charge in [0.15, 0.2) is 23.1 Å². The number of ketones is 2. The minimum absolute atomic E-state index is 0.00839. The van der Waals surface area contributed by atoms with Crippen LogP contribution in [0.3, 0.4) is 0 Å². The van der Waals surface area contributed by atoms with Crippen LogP contribution in [-0.2, 0) is 36.1 Å². The Morgan fingerprint density at radius 3 is 2.46 bits per heavy atom. The molecule has 2 aliphatic carbocycles. The van der Waals surface area contributed by atoms with Crippen molar-refractivity contribution in [2.45, 2.75) is 44.8 Å². The lowest BCUT2D eigenvalue weighted by atomic mass is 9.68. The monoisotopic (exact) mass is 681 g/mol. The smallest absolute Gasteiger partial charge is 0.347 e. The van der Waals surface area contributed by atoms with Gasteiger partial charge < -0.3 is 23.9 Å². The molecule has 3 heterocycles. The lowest BCUT2D eigenvalue weighted by Gasteiger charge is -2.40. The number of aryl methyl sites for hydroxylation is 2. The molecular formula is C36H35N5O9. The molecule has 0 saturated heterocycles. The molecule has 14 nitrogen and oxygen atoms in total. The van der Waals surface area contributed by atoms with Crippen LogP contribution in [-0.4, -0.2) is 67.6 Å². The van der Waals surface area contributed by atoms with Crippen molar-refractivity contribution in [2.75, 3.05) is 27.4 Å². The Hall–Kier alpha value is -5.76. The zero-order valence-electron chi connectivity index (χ0n) is 28.0. The summed E-state index contributed by atoms with van der Waals surface area (Å²) in [5.41, 5.74) is 1.79. The molecule has 3 aliphatic rings. The van der Waals surface area contributed by atoms with E-state index < -0.39 is 23.3 Å². The van der Waals surface area contributed by atoms with Crippen LogP contribution in [0.2, 0.25) is 0 Å². The van der Waals surface area contributed by atoms with Crippen LogP contribution in [0, 0.1) is 0 Å². The van der Waals surface area contributed by atoms with E-state index in [2.05, 4.69) is 4.98 Å².